The van der Waals surface area contributed by atoms with Crippen LogP contribution in [-0.2, 0) is 4.74 Å². The molecule has 1 aliphatic rings. The van der Waals surface area contributed by atoms with Crippen molar-refractivity contribution >= 4 is 23.5 Å². The van der Waals surface area contributed by atoms with Crippen LogP contribution in [0.25, 0.3) is 0 Å². The van der Waals surface area contributed by atoms with E-state index in [0.717, 1.165) is 24.9 Å². The van der Waals surface area contributed by atoms with E-state index in [0.29, 0.717) is 5.92 Å². The molecule has 4 heteroatoms. The van der Waals surface area contributed by atoms with Gasteiger partial charge in [-0.15, -0.1) is 0 Å². The van der Waals surface area contributed by atoms with E-state index in [1.54, 1.807) is 7.11 Å². The van der Waals surface area contributed by atoms with Gasteiger partial charge in [0.25, 0.3) is 0 Å². The van der Waals surface area contributed by atoms with Gasteiger partial charge in [0.15, 0.2) is 0 Å². The van der Waals surface area contributed by atoms with E-state index in [1.165, 1.54) is 17.3 Å². The summed E-state index contributed by atoms with van der Waals surface area (Å²) < 4.78 is 5.10. The molecule has 84 valence electrons. The molecule has 0 spiro atoms. The molecule has 0 bridgehead atoms. The first-order valence-corrected chi connectivity index (χ1v) is 7.42. The molecule has 0 saturated carbocycles. The lowest BCUT2D eigenvalue weighted by Crippen LogP contribution is -2.32. The normalized spacial score (nSPS) is 24.9. The summed E-state index contributed by atoms with van der Waals surface area (Å²) >= 11 is 4.20. The fourth-order valence-electron chi connectivity index (χ4n) is 1.49. The summed E-state index contributed by atoms with van der Waals surface area (Å²) in [5, 5.41) is 4.35. The predicted octanol–water partition coefficient (Wildman–Crippen LogP) is 1.71. The van der Waals surface area contributed by atoms with Gasteiger partial charge >= 0.3 is 0 Å². The van der Waals surface area contributed by atoms with Gasteiger partial charge in [-0.3, -0.25) is 0 Å². The van der Waals surface area contributed by atoms with Gasteiger partial charge in [-0.2, -0.15) is 23.5 Å². The third-order valence-electron chi connectivity index (χ3n) is 2.20. The van der Waals surface area contributed by atoms with E-state index in [2.05, 4.69) is 35.8 Å². The van der Waals surface area contributed by atoms with Crippen LogP contribution < -0.4 is 5.32 Å². The third-order valence-corrected chi connectivity index (χ3v) is 5.05. The molecule has 1 aliphatic heterocycles. The Morgan fingerprint density at radius 1 is 1.50 bits per heavy atom. The first-order chi connectivity index (χ1) is 6.83. The van der Waals surface area contributed by atoms with E-state index in [1.807, 2.05) is 0 Å². The molecule has 1 saturated heterocycles. The van der Waals surface area contributed by atoms with Crippen LogP contribution in [0.15, 0.2) is 0 Å². The standard InChI is InChI=1S/C10H21NOS2/c1-9(7-12-2)5-11-6-10-8-13-3-4-14-10/h9-11H,3-8H2,1-2H3. The maximum Gasteiger partial charge on any atom is 0.0499 e. The Morgan fingerprint density at radius 2 is 2.36 bits per heavy atom. The molecule has 2 atom stereocenters. The second-order valence-electron chi connectivity index (χ2n) is 3.79. The lowest BCUT2D eigenvalue weighted by Gasteiger charge is -2.22. The molecule has 1 N–H and O–H groups in total. The number of methoxy groups -OCH3 is 1. The molecule has 0 radical (unpaired) electrons. The maximum absolute atomic E-state index is 5.10. The number of thioether (sulfide) groups is 2. The highest BCUT2D eigenvalue weighted by molar-refractivity contribution is 8.06. The molecule has 1 rings (SSSR count). The van der Waals surface area contributed by atoms with Crippen molar-refractivity contribution in [1.29, 1.82) is 0 Å². The minimum absolute atomic E-state index is 0.626. The van der Waals surface area contributed by atoms with Gasteiger partial charge in [0, 0.05) is 42.8 Å². The predicted molar refractivity (Wildman–Crippen MR) is 67.5 cm³/mol. The fourth-order valence-corrected chi connectivity index (χ4v) is 4.13. The van der Waals surface area contributed by atoms with Crippen molar-refractivity contribution in [3.8, 4) is 0 Å². The van der Waals surface area contributed by atoms with Crippen molar-refractivity contribution in [2.24, 2.45) is 5.92 Å². The van der Waals surface area contributed by atoms with Crippen LogP contribution in [0.5, 0.6) is 0 Å². The Kier molecular flexibility index (Phi) is 7.12. The highest BCUT2D eigenvalue weighted by Gasteiger charge is 2.13. The number of hydrogen-bond acceptors (Lipinski definition) is 4. The van der Waals surface area contributed by atoms with E-state index in [4.69, 9.17) is 4.74 Å². The van der Waals surface area contributed by atoms with Gasteiger partial charge < -0.3 is 10.1 Å². The van der Waals surface area contributed by atoms with Crippen LogP contribution >= 0.6 is 23.5 Å². The molecule has 0 aliphatic carbocycles. The highest BCUT2D eigenvalue weighted by Crippen LogP contribution is 2.23. The number of ether oxygens (including phenoxy) is 1. The molecule has 14 heavy (non-hydrogen) atoms. The lowest BCUT2D eigenvalue weighted by molar-refractivity contribution is 0.158. The summed E-state index contributed by atoms with van der Waals surface area (Å²) in [5.74, 6) is 4.60. The quantitative estimate of drug-likeness (QED) is 0.756. The van der Waals surface area contributed by atoms with Crippen molar-refractivity contribution in [2.75, 3.05) is 44.1 Å². The second-order valence-corrected chi connectivity index (χ2v) is 6.34. The zero-order valence-corrected chi connectivity index (χ0v) is 10.8. The average molecular weight is 235 g/mol. The van der Waals surface area contributed by atoms with Gasteiger partial charge in [-0.1, -0.05) is 6.92 Å². The van der Waals surface area contributed by atoms with E-state index < -0.39 is 0 Å². The van der Waals surface area contributed by atoms with E-state index in [-0.39, 0.29) is 0 Å². The minimum Gasteiger partial charge on any atom is -0.384 e. The fraction of sp³-hybridized carbons (Fsp3) is 1.00. The second kappa shape index (κ2) is 7.85. The molecule has 0 aromatic heterocycles. The summed E-state index contributed by atoms with van der Waals surface area (Å²) in [6.45, 7) is 5.32. The van der Waals surface area contributed by atoms with Crippen LogP contribution in [0.1, 0.15) is 6.92 Å². The van der Waals surface area contributed by atoms with Crippen molar-refractivity contribution in [3.05, 3.63) is 0 Å². The van der Waals surface area contributed by atoms with Crippen molar-refractivity contribution in [3.63, 3.8) is 0 Å². The third kappa shape index (κ3) is 5.49. The number of nitrogens with one attached hydrogen (secondary N) is 1. The molecule has 2 unspecified atom stereocenters. The van der Waals surface area contributed by atoms with Crippen LogP contribution in [0.4, 0.5) is 0 Å². The minimum atomic E-state index is 0.626. The molecule has 1 fully saturated rings. The summed E-state index contributed by atoms with van der Waals surface area (Å²) in [4.78, 5) is 0. The smallest absolute Gasteiger partial charge is 0.0499 e. The molecule has 0 aromatic carbocycles. The summed E-state index contributed by atoms with van der Waals surface area (Å²) in [6, 6.07) is 0. The zero-order valence-electron chi connectivity index (χ0n) is 9.12. The summed E-state index contributed by atoms with van der Waals surface area (Å²) in [5.41, 5.74) is 0. The zero-order chi connectivity index (χ0) is 10.2. The number of rotatable bonds is 6. The average Bonchev–Trinajstić information content (AvgIpc) is 2.20. The monoisotopic (exact) mass is 235 g/mol. The maximum atomic E-state index is 5.10. The van der Waals surface area contributed by atoms with Crippen LogP contribution in [0.3, 0.4) is 0 Å². The Morgan fingerprint density at radius 3 is 3.00 bits per heavy atom. The van der Waals surface area contributed by atoms with Crippen molar-refractivity contribution in [2.45, 2.75) is 12.2 Å². The first kappa shape index (κ1) is 12.7. The summed E-state index contributed by atoms with van der Waals surface area (Å²) in [6.07, 6.45) is 0. The Bertz CT molecular complexity index is 140. The Labute approximate surface area is 95.9 Å². The molecule has 0 amide bonds. The molecular formula is C10H21NOS2. The lowest BCUT2D eigenvalue weighted by atomic mass is 10.2. The Balaban J connectivity index is 1.96. The first-order valence-electron chi connectivity index (χ1n) is 5.22. The summed E-state index contributed by atoms with van der Waals surface area (Å²) in [7, 11) is 1.77. The van der Waals surface area contributed by atoms with Gasteiger partial charge in [0.1, 0.15) is 0 Å². The van der Waals surface area contributed by atoms with E-state index in [9.17, 15) is 0 Å². The van der Waals surface area contributed by atoms with Crippen molar-refractivity contribution < 1.29 is 4.74 Å². The SMILES string of the molecule is COCC(C)CNCC1CSCCS1. The van der Waals surface area contributed by atoms with Gasteiger partial charge in [-0.05, 0) is 12.5 Å². The highest BCUT2D eigenvalue weighted by atomic mass is 32.2. The Hall–Kier alpha value is 0.620. The topological polar surface area (TPSA) is 21.3 Å². The van der Waals surface area contributed by atoms with Gasteiger partial charge in [0.2, 0.25) is 0 Å². The van der Waals surface area contributed by atoms with E-state index >= 15 is 0 Å². The van der Waals surface area contributed by atoms with Gasteiger partial charge in [-0.25, -0.2) is 0 Å². The largest absolute Gasteiger partial charge is 0.384 e. The van der Waals surface area contributed by atoms with Crippen molar-refractivity contribution in [1.82, 2.24) is 5.32 Å². The number of hydrogen-bond donors (Lipinski definition) is 1. The van der Waals surface area contributed by atoms with Crippen LogP contribution in [-0.4, -0.2) is 49.3 Å². The molecule has 1 heterocycles. The molecule has 2 nitrogen and oxygen atoms in total. The van der Waals surface area contributed by atoms with Crippen LogP contribution in [0, 0.1) is 5.92 Å². The molecule has 0 aromatic rings. The van der Waals surface area contributed by atoms with Crippen LogP contribution in [0.2, 0.25) is 0 Å². The molecular weight excluding hydrogens is 214 g/mol. The van der Waals surface area contributed by atoms with Gasteiger partial charge in [0.05, 0.1) is 0 Å².